The maximum absolute atomic E-state index is 13.1. The number of hydrogen-bond donors (Lipinski definition) is 0. The zero-order chi connectivity index (χ0) is 23.6. The first kappa shape index (κ1) is 23.1. The van der Waals surface area contributed by atoms with Crippen molar-refractivity contribution in [2.75, 3.05) is 57.4 Å². The number of ether oxygens (including phenoxy) is 1. The Morgan fingerprint density at radius 1 is 0.970 bits per heavy atom. The van der Waals surface area contributed by atoms with Crippen LogP contribution in [-0.2, 0) is 14.8 Å². The number of rotatable bonds is 5. The van der Waals surface area contributed by atoms with Crippen LogP contribution < -0.4 is 4.90 Å². The molecule has 4 rings (SSSR count). The molecule has 1 amide bonds. The predicted octanol–water partition coefficient (Wildman–Crippen LogP) is 1.72. The number of piperazine rings is 1. The molecule has 33 heavy (non-hydrogen) atoms. The summed E-state index contributed by atoms with van der Waals surface area (Å²) in [4.78, 5) is 27.2. The Kier molecular flexibility index (Phi) is 6.58. The van der Waals surface area contributed by atoms with E-state index < -0.39 is 20.8 Å². The summed E-state index contributed by atoms with van der Waals surface area (Å²) in [6.45, 7) is 2.42. The molecule has 2 aliphatic heterocycles. The Hall–Kier alpha value is -3.09. The van der Waals surface area contributed by atoms with Crippen LogP contribution in [0.1, 0.15) is 10.4 Å². The molecule has 0 saturated carbocycles. The highest BCUT2D eigenvalue weighted by Crippen LogP contribution is 2.31. The number of amides is 1. The molecule has 0 atom stereocenters. The minimum atomic E-state index is -3.80. The molecule has 176 valence electrons. The van der Waals surface area contributed by atoms with E-state index in [-0.39, 0.29) is 48.2 Å². The summed E-state index contributed by atoms with van der Waals surface area (Å²) >= 11 is 0. The van der Waals surface area contributed by atoms with Gasteiger partial charge >= 0.3 is 0 Å². The van der Waals surface area contributed by atoms with Crippen molar-refractivity contribution in [3.63, 3.8) is 0 Å². The number of benzene rings is 2. The molecule has 0 radical (unpaired) electrons. The summed E-state index contributed by atoms with van der Waals surface area (Å²) in [5.74, 6) is -0.815. The van der Waals surface area contributed by atoms with Crippen molar-refractivity contribution in [3.05, 3.63) is 64.0 Å². The van der Waals surface area contributed by atoms with Crippen molar-refractivity contribution in [1.82, 2.24) is 9.21 Å². The smallest absolute Gasteiger partial charge is 0.293 e. The Morgan fingerprint density at radius 3 is 2.21 bits per heavy atom. The minimum Gasteiger partial charge on any atom is -0.378 e. The molecule has 12 heteroatoms. The standard InChI is InChI=1S/C21H23FN4O6S/c22-17-2-4-18(5-3-17)33(30,31)25-9-7-23(8-10-25)19-6-1-16(15-20(19)26(28)29)21(27)24-11-13-32-14-12-24/h1-6,15H,7-14H2. The van der Waals surface area contributed by atoms with Crippen LogP contribution in [0, 0.1) is 15.9 Å². The molecule has 0 aliphatic carbocycles. The molecule has 2 aromatic rings. The van der Waals surface area contributed by atoms with Gasteiger partial charge in [-0.15, -0.1) is 0 Å². The fourth-order valence-electron chi connectivity index (χ4n) is 3.94. The molecule has 2 saturated heterocycles. The van der Waals surface area contributed by atoms with Gasteiger partial charge in [0, 0.05) is 50.9 Å². The van der Waals surface area contributed by atoms with Crippen LogP contribution in [0.15, 0.2) is 47.4 Å². The highest BCUT2D eigenvalue weighted by molar-refractivity contribution is 7.89. The molecule has 2 heterocycles. The van der Waals surface area contributed by atoms with E-state index in [1.54, 1.807) is 15.9 Å². The second kappa shape index (κ2) is 9.41. The van der Waals surface area contributed by atoms with Gasteiger partial charge in [0.05, 0.1) is 23.0 Å². The largest absolute Gasteiger partial charge is 0.378 e. The van der Waals surface area contributed by atoms with Crippen LogP contribution in [0.25, 0.3) is 0 Å². The molecule has 0 N–H and O–H groups in total. The zero-order valence-electron chi connectivity index (χ0n) is 17.7. The molecule has 0 bridgehead atoms. The van der Waals surface area contributed by atoms with Gasteiger partial charge in [-0.3, -0.25) is 14.9 Å². The lowest BCUT2D eigenvalue weighted by Crippen LogP contribution is -2.48. The number of halogens is 1. The van der Waals surface area contributed by atoms with E-state index >= 15 is 0 Å². The van der Waals surface area contributed by atoms with Crippen LogP contribution in [0.3, 0.4) is 0 Å². The van der Waals surface area contributed by atoms with Gasteiger partial charge in [-0.2, -0.15) is 4.31 Å². The van der Waals surface area contributed by atoms with Crippen LogP contribution in [0.2, 0.25) is 0 Å². The van der Waals surface area contributed by atoms with Gasteiger partial charge in [0.15, 0.2) is 0 Å². The lowest BCUT2D eigenvalue weighted by atomic mass is 10.1. The lowest BCUT2D eigenvalue weighted by molar-refractivity contribution is -0.384. The van der Waals surface area contributed by atoms with Crippen molar-refractivity contribution < 1.29 is 27.3 Å². The SMILES string of the molecule is O=C(c1ccc(N2CCN(S(=O)(=O)c3ccc(F)cc3)CC2)c([N+](=O)[O-])c1)N1CCOCC1. The first-order valence-electron chi connectivity index (χ1n) is 10.4. The first-order chi connectivity index (χ1) is 15.8. The Balaban J connectivity index is 1.50. The van der Waals surface area contributed by atoms with Gasteiger partial charge in [0.25, 0.3) is 11.6 Å². The van der Waals surface area contributed by atoms with Crippen LogP contribution >= 0.6 is 0 Å². The highest BCUT2D eigenvalue weighted by atomic mass is 32.2. The number of carbonyl (C=O) groups is 1. The number of anilines is 1. The molecule has 2 aromatic carbocycles. The predicted molar refractivity (Wildman–Crippen MR) is 117 cm³/mol. The van der Waals surface area contributed by atoms with E-state index in [0.717, 1.165) is 12.1 Å². The number of morpholine rings is 1. The third kappa shape index (κ3) is 4.82. The van der Waals surface area contributed by atoms with Crippen molar-refractivity contribution in [3.8, 4) is 0 Å². The highest BCUT2D eigenvalue weighted by Gasteiger charge is 2.31. The third-order valence-electron chi connectivity index (χ3n) is 5.75. The van der Waals surface area contributed by atoms with Crippen molar-refractivity contribution in [1.29, 1.82) is 0 Å². The van der Waals surface area contributed by atoms with E-state index in [1.165, 1.54) is 28.6 Å². The fraction of sp³-hybridized carbons (Fsp3) is 0.381. The van der Waals surface area contributed by atoms with Gasteiger partial charge in [-0.1, -0.05) is 0 Å². The van der Waals surface area contributed by atoms with Crippen LogP contribution in [0.4, 0.5) is 15.8 Å². The number of nitro groups is 1. The van der Waals surface area contributed by atoms with Gasteiger partial charge < -0.3 is 14.5 Å². The fourth-order valence-corrected chi connectivity index (χ4v) is 5.37. The van der Waals surface area contributed by atoms with Crippen molar-refractivity contribution in [2.24, 2.45) is 0 Å². The summed E-state index contributed by atoms with van der Waals surface area (Å²) in [7, 11) is -3.80. The van der Waals surface area contributed by atoms with Crippen molar-refractivity contribution in [2.45, 2.75) is 4.90 Å². The second-order valence-electron chi connectivity index (χ2n) is 7.71. The van der Waals surface area contributed by atoms with E-state index in [4.69, 9.17) is 4.74 Å². The monoisotopic (exact) mass is 478 g/mol. The number of nitrogens with zero attached hydrogens (tertiary/aromatic N) is 4. The lowest BCUT2D eigenvalue weighted by Gasteiger charge is -2.35. The van der Waals surface area contributed by atoms with E-state index in [9.17, 15) is 27.7 Å². The van der Waals surface area contributed by atoms with Crippen LogP contribution in [-0.4, -0.2) is 80.9 Å². The van der Waals surface area contributed by atoms with Gasteiger partial charge in [0.2, 0.25) is 10.0 Å². The van der Waals surface area contributed by atoms with E-state index in [1.807, 2.05) is 0 Å². The molecule has 2 aliphatic rings. The normalized spacial score (nSPS) is 17.7. The molecule has 2 fully saturated rings. The quantitative estimate of drug-likeness (QED) is 0.475. The summed E-state index contributed by atoms with van der Waals surface area (Å²) in [5, 5.41) is 11.7. The topological polar surface area (TPSA) is 113 Å². The number of sulfonamides is 1. The van der Waals surface area contributed by atoms with Gasteiger partial charge in [-0.05, 0) is 36.4 Å². The van der Waals surface area contributed by atoms with Gasteiger partial charge in [-0.25, -0.2) is 12.8 Å². The maximum atomic E-state index is 13.1. The molecule has 0 unspecified atom stereocenters. The Bertz CT molecular complexity index is 1140. The first-order valence-corrected chi connectivity index (χ1v) is 11.9. The summed E-state index contributed by atoms with van der Waals surface area (Å²) in [5.41, 5.74) is 0.353. The number of nitro benzene ring substituents is 1. The van der Waals surface area contributed by atoms with E-state index in [0.29, 0.717) is 32.0 Å². The molecular weight excluding hydrogens is 455 g/mol. The number of hydrogen-bond acceptors (Lipinski definition) is 7. The second-order valence-corrected chi connectivity index (χ2v) is 9.65. The van der Waals surface area contributed by atoms with Gasteiger partial charge in [0.1, 0.15) is 11.5 Å². The zero-order valence-corrected chi connectivity index (χ0v) is 18.5. The Labute approximate surface area is 190 Å². The molecule has 0 aromatic heterocycles. The Morgan fingerprint density at radius 2 is 1.61 bits per heavy atom. The average molecular weight is 479 g/mol. The summed E-state index contributed by atoms with van der Waals surface area (Å²) in [6, 6.07) is 8.98. The maximum Gasteiger partial charge on any atom is 0.293 e. The summed E-state index contributed by atoms with van der Waals surface area (Å²) < 4.78 is 45.3. The third-order valence-corrected chi connectivity index (χ3v) is 7.66. The van der Waals surface area contributed by atoms with Crippen LogP contribution in [0.5, 0.6) is 0 Å². The minimum absolute atomic E-state index is 0.00527. The molecule has 0 spiro atoms. The molecular formula is C21H23FN4O6S. The van der Waals surface area contributed by atoms with Crippen molar-refractivity contribution >= 4 is 27.3 Å². The van der Waals surface area contributed by atoms with E-state index in [2.05, 4.69) is 0 Å². The number of carbonyl (C=O) groups excluding carboxylic acids is 1. The summed E-state index contributed by atoms with van der Waals surface area (Å²) in [6.07, 6.45) is 0. The average Bonchev–Trinajstić information content (AvgIpc) is 2.84. The molecule has 10 nitrogen and oxygen atoms in total.